The third-order valence-electron chi connectivity index (χ3n) is 5.15. The van der Waals surface area contributed by atoms with E-state index in [2.05, 4.69) is 20.5 Å². The average Bonchev–Trinajstić information content (AvgIpc) is 2.90. The Morgan fingerprint density at radius 2 is 2.18 bits per heavy atom. The highest BCUT2D eigenvalue weighted by Gasteiger charge is 2.30. The zero-order valence-corrected chi connectivity index (χ0v) is 13.6. The lowest BCUT2D eigenvalue weighted by Gasteiger charge is -2.37. The normalized spacial score (nSPS) is 22.2. The van der Waals surface area contributed by atoms with Crippen LogP contribution in [0.4, 0.5) is 0 Å². The van der Waals surface area contributed by atoms with Crippen LogP contribution in [0.3, 0.4) is 0 Å². The first kappa shape index (κ1) is 14.1. The van der Waals surface area contributed by atoms with E-state index >= 15 is 0 Å². The summed E-state index contributed by atoms with van der Waals surface area (Å²) in [6.45, 7) is 3.90. The van der Waals surface area contributed by atoms with Crippen molar-refractivity contribution in [1.82, 2.24) is 14.5 Å². The molecule has 0 N–H and O–H groups in total. The Hall–Kier alpha value is -1.55. The van der Waals surface area contributed by atoms with Gasteiger partial charge in [0.1, 0.15) is 5.65 Å². The first-order valence-electron chi connectivity index (χ1n) is 8.08. The number of halogens is 1. The van der Waals surface area contributed by atoms with Gasteiger partial charge in [-0.15, -0.1) is 0 Å². The number of carbonyl (C=O) groups is 1. The number of rotatable bonds is 1. The van der Waals surface area contributed by atoms with Gasteiger partial charge in [0, 0.05) is 49.2 Å². The molecule has 4 rings (SSSR count). The fourth-order valence-electron chi connectivity index (χ4n) is 3.87. The quantitative estimate of drug-likeness (QED) is 0.809. The van der Waals surface area contributed by atoms with Gasteiger partial charge in [-0.3, -0.25) is 4.79 Å². The molecule has 2 aromatic rings. The molecular formula is C17H20ClN3O. The van der Waals surface area contributed by atoms with Crippen LogP contribution in [0.15, 0.2) is 12.3 Å². The van der Waals surface area contributed by atoms with Gasteiger partial charge in [0.05, 0.1) is 5.02 Å². The van der Waals surface area contributed by atoms with E-state index in [0.29, 0.717) is 11.9 Å². The summed E-state index contributed by atoms with van der Waals surface area (Å²) < 4.78 is 2.30. The molecule has 1 unspecified atom stereocenters. The SMILES string of the molecule is Cc1c(Cl)cnc2c1cc1n2CCC(N2CCCCC2=O)C1. The second-order valence-electron chi connectivity index (χ2n) is 6.45. The van der Waals surface area contributed by atoms with E-state index in [1.54, 1.807) is 6.20 Å². The van der Waals surface area contributed by atoms with E-state index in [1.807, 2.05) is 6.92 Å². The van der Waals surface area contributed by atoms with Crippen molar-refractivity contribution in [1.29, 1.82) is 0 Å². The number of pyridine rings is 1. The van der Waals surface area contributed by atoms with Crippen molar-refractivity contribution in [3.63, 3.8) is 0 Å². The number of aromatic nitrogens is 2. The molecule has 0 radical (unpaired) electrons. The van der Waals surface area contributed by atoms with Gasteiger partial charge in [0.2, 0.25) is 5.91 Å². The summed E-state index contributed by atoms with van der Waals surface area (Å²) in [4.78, 5) is 18.8. The Labute approximate surface area is 135 Å². The summed E-state index contributed by atoms with van der Waals surface area (Å²) in [5.74, 6) is 0.332. The van der Waals surface area contributed by atoms with Crippen molar-refractivity contribution >= 4 is 28.5 Å². The molecule has 0 saturated carbocycles. The lowest BCUT2D eigenvalue weighted by atomic mass is 9.99. The Bertz CT molecular complexity index is 752. The predicted octanol–water partition coefficient (Wildman–Crippen LogP) is 3.33. The minimum Gasteiger partial charge on any atom is -0.339 e. The smallest absolute Gasteiger partial charge is 0.222 e. The number of hydrogen-bond acceptors (Lipinski definition) is 2. The van der Waals surface area contributed by atoms with Crippen LogP contribution in [-0.2, 0) is 17.8 Å². The third kappa shape index (κ3) is 2.12. The van der Waals surface area contributed by atoms with E-state index < -0.39 is 0 Å². The molecule has 0 aliphatic carbocycles. The van der Waals surface area contributed by atoms with Crippen LogP contribution in [0.25, 0.3) is 11.0 Å². The first-order chi connectivity index (χ1) is 10.6. The van der Waals surface area contributed by atoms with Gasteiger partial charge in [-0.25, -0.2) is 4.98 Å². The maximum atomic E-state index is 12.2. The molecule has 1 amide bonds. The van der Waals surface area contributed by atoms with Crippen molar-refractivity contribution < 1.29 is 4.79 Å². The molecule has 2 aliphatic rings. The molecule has 1 fully saturated rings. The van der Waals surface area contributed by atoms with Gasteiger partial charge in [0.25, 0.3) is 0 Å². The minimum absolute atomic E-state index is 0.332. The maximum Gasteiger partial charge on any atom is 0.222 e. The number of nitrogens with zero attached hydrogens (tertiary/aromatic N) is 3. The lowest BCUT2D eigenvalue weighted by molar-refractivity contribution is -0.136. The molecule has 4 nitrogen and oxygen atoms in total. The highest BCUT2D eigenvalue weighted by atomic mass is 35.5. The van der Waals surface area contributed by atoms with Crippen molar-refractivity contribution in [3.8, 4) is 0 Å². The number of piperidine rings is 1. The largest absolute Gasteiger partial charge is 0.339 e. The molecule has 2 aromatic heterocycles. The second-order valence-corrected chi connectivity index (χ2v) is 6.85. The van der Waals surface area contributed by atoms with Crippen LogP contribution < -0.4 is 0 Å². The zero-order chi connectivity index (χ0) is 15.3. The molecule has 1 atom stereocenters. The highest BCUT2D eigenvalue weighted by Crippen LogP contribution is 2.31. The standard InChI is InChI=1S/C17H20ClN3O/c1-11-14-9-13-8-12(20-6-3-2-4-16(20)22)5-7-21(13)17(14)19-10-15(11)18/h9-10,12H,2-8H2,1H3. The molecule has 2 aliphatic heterocycles. The van der Waals surface area contributed by atoms with Crippen LogP contribution in [0, 0.1) is 6.92 Å². The molecule has 4 heterocycles. The van der Waals surface area contributed by atoms with E-state index in [-0.39, 0.29) is 0 Å². The van der Waals surface area contributed by atoms with E-state index in [1.165, 1.54) is 5.69 Å². The Balaban J connectivity index is 1.69. The topological polar surface area (TPSA) is 38.1 Å². The van der Waals surface area contributed by atoms with Crippen LogP contribution in [0.1, 0.15) is 36.9 Å². The van der Waals surface area contributed by atoms with Gasteiger partial charge in [0.15, 0.2) is 0 Å². The molecule has 0 bridgehead atoms. The van der Waals surface area contributed by atoms with E-state index in [0.717, 1.165) is 66.8 Å². The summed E-state index contributed by atoms with van der Waals surface area (Å²) in [6.07, 6.45) is 6.60. The van der Waals surface area contributed by atoms with Crippen LogP contribution in [-0.4, -0.2) is 32.9 Å². The summed E-state index contributed by atoms with van der Waals surface area (Å²) in [7, 11) is 0. The molecule has 0 spiro atoms. The maximum absolute atomic E-state index is 12.2. The number of amides is 1. The molecule has 22 heavy (non-hydrogen) atoms. The van der Waals surface area contributed by atoms with Crippen molar-refractivity contribution in [3.05, 3.63) is 28.5 Å². The van der Waals surface area contributed by atoms with Crippen LogP contribution in [0.2, 0.25) is 5.02 Å². The Kier molecular flexibility index (Phi) is 3.37. The summed E-state index contributed by atoms with van der Waals surface area (Å²) >= 11 is 6.20. The summed E-state index contributed by atoms with van der Waals surface area (Å²) in [5.41, 5.74) is 3.40. The van der Waals surface area contributed by atoms with Gasteiger partial charge < -0.3 is 9.47 Å². The monoisotopic (exact) mass is 317 g/mol. The Morgan fingerprint density at radius 3 is 3.00 bits per heavy atom. The molecule has 116 valence electrons. The van der Waals surface area contributed by atoms with Crippen molar-refractivity contribution in [2.75, 3.05) is 6.54 Å². The lowest BCUT2D eigenvalue weighted by Crippen LogP contribution is -2.46. The average molecular weight is 318 g/mol. The third-order valence-corrected chi connectivity index (χ3v) is 5.53. The predicted molar refractivity (Wildman–Crippen MR) is 87.2 cm³/mol. The minimum atomic E-state index is 0.332. The number of likely N-dealkylation sites (tertiary alicyclic amines) is 1. The van der Waals surface area contributed by atoms with E-state index in [9.17, 15) is 4.79 Å². The van der Waals surface area contributed by atoms with Crippen molar-refractivity contribution in [2.24, 2.45) is 0 Å². The van der Waals surface area contributed by atoms with Crippen LogP contribution >= 0.6 is 11.6 Å². The van der Waals surface area contributed by atoms with Gasteiger partial charge in [-0.2, -0.15) is 0 Å². The zero-order valence-electron chi connectivity index (χ0n) is 12.8. The van der Waals surface area contributed by atoms with Gasteiger partial charge in [-0.1, -0.05) is 11.6 Å². The van der Waals surface area contributed by atoms with Crippen molar-refractivity contribution in [2.45, 2.75) is 51.6 Å². The Morgan fingerprint density at radius 1 is 1.32 bits per heavy atom. The fourth-order valence-corrected chi connectivity index (χ4v) is 4.02. The summed E-state index contributed by atoms with van der Waals surface area (Å²) in [5, 5.41) is 1.87. The molecule has 5 heteroatoms. The molecule has 0 aromatic carbocycles. The number of carbonyl (C=O) groups excluding carboxylic acids is 1. The summed E-state index contributed by atoms with van der Waals surface area (Å²) in [6, 6.07) is 2.56. The molecular weight excluding hydrogens is 298 g/mol. The second kappa shape index (κ2) is 5.27. The number of aryl methyl sites for hydroxylation is 2. The van der Waals surface area contributed by atoms with Crippen LogP contribution in [0.5, 0.6) is 0 Å². The number of fused-ring (bicyclic) bond motifs is 3. The number of hydrogen-bond donors (Lipinski definition) is 0. The first-order valence-corrected chi connectivity index (χ1v) is 8.45. The van der Waals surface area contributed by atoms with Gasteiger partial charge >= 0.3 is 0 Å². The highest BCUT2D eigenvalue weighted by molar-refractivity contribution is 6.32. The molecule has 1 saturated heterocycles. The van der Waals surface area contributed by atoms with Gasteiger partial charge in [-0.05, 0) is 37.8 Å². The fraction of sp³-hybridized carbons (Fsp3) is 0.529. The van der Waals surface area contributed by atoms with E-state index in [4.69, 9.17) is 11.6 Å².